The number of amides is 2. The van der Waals surface area contributed by atoms with Crippen LogP contribution in [0.15, 0.2) is 18.2 Å². The fourth-order valence-electron chi connectivity index (χ4n) is 1.39. The van der Waals surface area contributed by atoms with Crippen LogP contribution in [-0.2, 0) is 0 Å². The number of halogens is 2. The fourth-order valence-corrected chi connectivity index (χ4v) is 1.60. The summed E-state index contributed by atoms with van der Waals surface area (Å²) >= 11 is 5.77. The standard InChI is InChI=1S/C12H16ClFN2O2/c13-9-5-4-6-10(14)11(9)16-12(18)15-7-2-1-3-8-17/h4-6,17H,1-3,7-8H2,(H2,15,16,18). The maximum Gasteiger partial charge on any atom is 0.319 e. The summed E-state index contributed by atoms with van der Waals surface area (Å²) in [5.74, 6) is -0.571. The SMILES string of the molecule is O=C(NCCCCCO)Nc1c(F)cccc1Cl. The molecule has 0 saturated heterocycles. The molecule has 1 rings (SSSR count). The number of hydrogen-bond donors (Lipinski definition) is 3. The van der Waals surface area contributed by atoms with Crippen molar-refractivity contribution in [3.63, 3.8) is 0 Å². The van der Waals surface area contributed by atoms with Gasteiger partial charge in [-0.2, -0.15) is 0 Å². The van der Waals surface area contributed by atoms with Crippen molar-refractivity contribution < 1.29 is 14.3 Å². The van der Waals surface area contributed by atoms with E-state index in [1.165, 1.54) is 18.2 Å². The fraction of sp³-hybridized carbons (Fsp3) is 0.417. The van der Waals surface area contributed by atoms with Gasteiger partial charge in [-0.25, -0.2) is 9.18 Å². The van der Waals surface area contributed by atoms with Crippen molar-refractivity contribution in [1.29, 1.82) is 0 Å². The minimum absolute atomic E-state index is 0.0213. The molecule has 0 aromatic heterocycles. The van der Waals surface area contributed by atoms with Gasteiger partial charge in [0.25, 0.3) is 0 Å². The number of carbonyl (C=O) groups excluding carboxylic acids is 1. The Balaban J connectivity index is 2.36. The van der Waals surface area contributed by atoms with Crippen LogP contribution in [0.3, 0.4) is 0 Å². The van der Waals surface area contributed by atoms with Gasteiger partial charge in [0, 0.05) is 13.2 Å². The summed E-state index contributed by atoms with van der Waals surface area (Å²) in [7, 11) is 0. The van der Waals surface area contributed by atoms with Crippen molar-refractivity contribution in [2.75, 3.05) is 18.5 Å². The third kappa shape index (κ3) is 4.89. The molecule has 2 amide bonds. The van der Waals surface area contributed by atoms with E-state index in [1.807, 2.05) is 0 Å². The highest BCUT2D eigenvalue weighted by atomic mass is 35.5. The maximum atomic E-state index is 13.3. The first-order chi connectivity index (χ1) is 8.65. The van der Waals surface area contributed by atoms with E-state index in [9.17, 15) is 9.18 Å². The molecule has 0 radical (unpaired) electrons. The van der Waals surface area contributed by atoms with Gasteiger partial charge >= 0.3 is 6.03 Å². The largest absolute Gasteiger partial charge is 0.396 e. The molecule has 0 unspecified atom stereocenters. The summed E-state index contributed by atoms with van der Waals surface area (Å²) in [6, 6.07) is 3.70. The van der Waals surface area contributed by atoms with E-state index >= 15 is 0 Å². The second kappa shape index (κ2) is 7.89. The zero-order valence-electron chi connectivity index (χ0n) is 9.88. The summed E-state index contributed by atoms with van der Waals surface area (Å²) in [5.41, 5.74) is -0.0213. The first kappa shape index (κ1) is 14.7. The molecule has 1 aromatic carbocycles. The number of carbonyl (C=O) groups is 1. The zero-order chi connectivity index (χ0) is 13.4. The Labute approximate surface area is 110 Å². The maximum absolute atomic E-state index is 13.3. The van der Waals surface area contributed by atoms with Crippen LogP contribution in [0.1, 0.15) is 19.3 Å². The number of para-hydroxylation sites is 1. The molecule has 0 aliphatic carbocycles. The van der Waals surface area contributed by atoms with Crippen molar-refractivity contribution in [1.82, 2.24) is 5.32 Å². The third-order valence-corrected chi connectivity index (χ3v) is 2.64. The molecule has 0 bridgehead atoms. The first-order valence-corrected chi connectivity index (χ1v) is 6.12. The predicted molar refractivity (Wildman–Crippen MR) is 69.4 cm³/mol. The number of aliphatic hydroxyl groups excluding tert-OH is 1. The number of benzene rings is 1. The van der Waals surface area contributed by atoms with Crippen molar-refractivity contribution in [3.8, 4) is 0 Å². The normalized spacial score (nSPS) is 10.2. The molecule has 0 aliphatic heterocycles. The van der Waals surface area contributed by atoms with Crippen LogP contribution in [0.2, 0.25) is 5.02 Å². The Morgan fingerprint density at radius 1 is 1.33 bits per heavy atom. The Morgan fingerprint density at radius 3 is 2.78 bits per heavy atom. The van der Waals surface area contributed by atoms with E-state index in [4.69, 9.17) is 16.7 Å². The molecule has 4 nitrogen and oxygen atoms in total. The van der Waals surface area contributed by atoms with Crippen molar-refractivity contribution in [2.45, 2.75) is 19.3 Å². The van der Waals surface area contributed by atoms with Crippen molar-refractivity contribution in [2.24, 2.45) is 0 Å². The molecule has 3 N–H and O–H groups in total. The van der Waals surface area contributed by atoms with Gasteiger partial charge in [0.1, 0.15) is 5.82 Å². The minimum atomic E-state index is -0.571. The lowest BCUT2D eigenvalue weighted by atomic mass is 10.2. The highest BCUT2D eigenvalue weighted by Gasteiger charge is 2.09. The Hall–Kier alpha value is -1.33. The number of anilines is 1. The number of aliphatic hydroxyl groups is 1. The molecule has 0 spiro atoms. The Bertz CT molecular complexity index is 381. The van der Waals surface area contributed by atoms with E-state index in [0.29, 0.717) is 13.0 Å². The van der Waals surface area contributed by atoms with Crippen LogP contribution in [0.4, 0.5) is 14.9 Å². The molecule has 0 saturated carbocycles. The zero-order valence-corrected chi connectivity index (χ0v) is 10.6. The molecular formula is C12H16ClFN2O2. The lowest BCUT2D eigenvalue weighted by Crippen LogP contribution is -2.30. The molecule has 0 fully saturated rings. The predicted octanol–water partition coefficient (Wildman–Crippen LogP) is 2.76. The highest BCUT2D eigenvalue weighted by molar-refractivity contribution is 6.33. The second-order valence-electron chi connectivity index (χ2n) is 3.76. The lowest BCUT2D eigenvalue weighted by molar-refractivity contribution is 0.251. The van der Waals surface area contributed by atoms with Crippen molar-refractivity contribution in [3.05, 3.63) is 29.0 Å². The van der Waals surface area contributed by atoms with E-state index < -0.39 is 11.8 Å². The number of rotatable bonds is 6. The molecule has 1 aromatic rings. The van der Waals surface area contributed by atoms with E-state index in [-0.39, 0.29) is 17.3 Å². The van der Waals surface area contributed by atoms with Crippen LogP contribution >= 0.6 is 11.6 Å². The smallest absolute Gasteiger partial charge is 0.319 e. The monoisotopic (exact) mass is 274 g/mol. The van der Waals surface area contributed by atoms with Crippen LogP contribution in [0.25, 0.3) is 0 Å². The van der Waals surface area contributed by atoms with E-state index in [2.05, 4.69) is 10.6 Å². The molecule has 100 valence electrons. The van der Waals surface area contributed by atoms with E-state index in [0.717, 1.165) is 12.8 Å². The Morgan fingerprint density at radius 2 is 2.11 bits per heavy atom. The average Bonchev–Trinajstić information content (AvgIpc) is 2.34. The molecule has 0 atom stereocenters. The average molecular weight is 275 g/mol. The first-order valence-electron chi connectivity index (χ1n) is 5.75. The van der Waals surface area contributed by atoms with Gasteiger partial charge in [-0.3, -0.25) is 0 Å². The van der Waals surface area contributed by atoms with Gasteiger partial charge in [-0.1, -0.05) is 17.7 Å². The van der Waals surface area contributed by atoms with Gasteiger partial charge in [-0.05, 0) is 31.4 Å². The van der Waals surface area contributed by atoms with Gasteiger partial charge in [0.2, 0.25) is 0 Å². The van der Waals surface area contributed by atoms with Crippen LogP contribution in [0.5, 0.6) is 0 Å². The van der Waals surface area contributed by atoms with Gasteiger partial charge in [0.05, 0.1) is 10.7 Å². The molecule has 6 heteroatoms. The minimum Gasteiger partial charge on any atom is -0.396 e. The van der Waals surface area contributed by atoms with Crippen LogP contribution in [-0.4, -0.2) is 24.3 Å². The number of urea groups is 1. The quantitative estimate of drug-likeness (QED) is 0.699. The van der Waals surface area contributed by atoms with Crippen LogP contribution in [0, 0.1) is 5.82 Å². The molecule has 0 heterocycles. The summed E-state index contributed by atoms with van der Waals surface area (Å²) < 4.78 is 13.3. The van der Waals surface area contributed by atoms with Crippen molar-refractivity contribution >= 4 is 23.3 Å². The molecular weight excluding hydrogens is 259 g/mol. The summed E-state index contributed by atoms with van der Waals surface area (Å²) in [6.45, 7) is 0.620. The number of nitrogens with one attached hydrogen (secondary N) is 2. The van der Waals surface area contributed by atoms with Gasteiger partial charge in [0.15, 0.2) is 0 Å². The number of hydrogen-bond acceptors (Lipinski definition) is 2. The highest BCUT2D eigenvalue weighted by Crippen LogP contribution is 2.24. The molecule has 18 heavy (non-hydrogen) atoms. The van der Waals surface area contributed by atoms with Gasteiger partial charge < -0.3 is 15.7 Å². The topological polar surface area (TPSA) is 61.4 Å². The van der Waals surface area contributed by atoms with Gasteiger partial charge in [-0.15, -0.1) is 0 Å². The number of unbranched alkanes of at least 4 members (excludes halogenated alkanes) is 2. The van der Waals surface area contributed by atoms with E-state index in [1.54, 1.807) is 0 Å². The molecule has 0 aliphatic rings. The lowest BCUT2D eigenvalue weighted by Gasteiger charge is -2.09. The Kier molecular flexibility index (Phi) is 6.46. The van der Waals surface area contributed by atoms with Crippen LogP contribution < -0.4 is 10.6 Å². The summed E-state index contributed by atoms with van der Waals surface area (Å²) in [4.78, 5) is 11.5. The summed E-state index contributed by atoms with van der Waals surface area (Å²) in [6.07, 6.45) is 2.30. The third-order valence-electron chi connectivity index (χ3n) is 2.32. The summed E-state index contributed by atoms with van der Waals surface area (Å²) in [5, 5.41) is 13.7. The second-order valence-corrected chi connectivity index (χ2v) is 4.17.